The van der Waals surface area contributed by atoms with Crippen LogP contribution >= 0.6 is 0 Å². The smallest absolute Gasteiger partial charge is 0.280 e. The minimum atomic E-state index is -5.26. The van der Waals surface area contributed by atoms with Gasteiger partial charge in [0.25, 0.3) is 20.0 Å². The Bertz CT molecular complexity index is 1580. The van der Waals surface area contributed by atoms with Crippen molar-refractivity contribution in [2.24, 2.45) is 0 Å². The first-order valence-electron chi connectivity index (χ1n) is 10.2. The summed E-state index contributed by atoms with van der Waals surface area (Å²) in [6.07, 6.45) is -15.3. The van der Waals surface area contributed by atoms with Gasteiger partial charge in [0.1, 0.15) is 0 Å². The fourth-order valence-corrected chi connectivity index (χ4v) is 5.50. The quantitative estimate of drug-likeness (QED) is 0.308. The molecule has 17 heteroatoms. The summed E-state index contributed by atoms with van der Waals surface area (Å²) in [5.74, 6) is 0. The first kappa shape index (κ1) is 30.1. The van der Waals surface area contributed by atoms with Crippen molar-refractivity contribution in [1.82, 2.24) is 0 Å². The van der Waals surface area contributed by atoms with Gasteiger partial charge in [0.15, 0.2) is 0 Å². The molecule has 0 fully saturated rings. The molecule has 0 heterocycles. The monoisotopic (exact) mass is 606 g/mol. The second kappa shape index (κ2) is 9.93. The zero-order valence-corrected chi connectivity index (χ0v) is 20.8. The van der Waals surface area contributed by atoms with Crippen molar-refractivity contribution in [2.75, 3.05) is 9.44 Å². The fourth-order valence-electron chi connectivity index (χ4n) is 3.26. The molecule has 3 aromatic carbocycles. The lowest BCUT2D eigenvalue weighted by Gasteiger charge is -2.16. The Morgan fingerprint density at radius 1 is 0.538 bits per heavy atom. The van der Waals surface area contributed by atoms with Crippen molar-refractivity contribution in [1.29, 1.82) is 0 Å². The number of anilines is 2. The van der Waals surface area contributed by atoms with Gasteiger partial charge in [0.2, 0.25) is 0 Å². The van der Waals surface area contributed by atoms with Crippen molar-refractivity contribution in [3.05, 3.63) is 82.9 Å². The Morgan fingerprint density at radius 2 is 0.897 bits per heavy atom. The van der Waals surface area contributed by atoms with E-state index in [0.29, 0.717) is 12.1 Å². The number of halogens is 9. The van der Waals surface area contributed by atoms with Gasteiger partial charge in [-0.3, -0.25) is 9.44 Å². The molecule has 3 aromatic rings. The molecule has 0 atom stereocenters. The predicted octanol–water partition coefficient (Wildman–Crippen LogP) is 6.65. The molecule has 39 heavy (non-hydrogen) atoms. The molecular formula is C22H15F9N2O4S2. The molecule has 0 aliphatic carbocycles. The molecule has 212 valence electrons. The van der Waals surface area contributed by atoms with Gasteiger partial charge in [0, 0.05) is 5.69 Å². The summed E-state index contributed by atoms with van der Waals surface area (Å²) >= 11 is 0. The van der Waals surface area contributed by atoms with Crippen LogP contribution in [0.5, 0.6) is 0 Å². The van der Waals surface area contributed by atoms with Crippen LogP contribution < -0.4 is 9.44 Å². The number of nitrogens with one attached hydrogen (secondary N) is 2. The van der Waals surface area contributed by atoms with Gasteiger partial charge < -0.3 is 0 Å². The van der Waals surface area contributed by atoms with Gasteiger partial charge in [-0.15, -0.1) is 0 Å². The van der Waals surface area contributed by atoms with Gasteiger partial charge >= 0.3 is 18.5 Å². The zero-order valence-electron chi connectivity index (χ0n) is 19.1. The first-order valence-corrected chi connectivity index (χ1v) is 13.2. The van der Waals surface area contributed by atoms with E-state index in [1.807, 2.05) is 4.72 Å². The number of rotatable bonds is 6. The molecule has 0 aliphatic rings. The van der Waals surface area contributed by atoms with Gasteiger partial charge in [-0.1, -0.05) is 6.07 Å². The molecule has 0 aromatic heterocycles. The summed E-state index contributed by atoms with van der Waals surface area (Å²) in [5.41, 5.74) is -6.33. The maximum Gasteiger partial charge on any atom is 0.416 e. The van der Waals surface area contributed by atoms with E-state index in [4.69, 9.17) is 0 Å². The Kier molecular flexibility index (Phi) is 7.66. The Labute approximate surface area is 215 Å². The van der Waals surface area contributed by atoms with Gasteiger partial charge in [0.05, 0.1) is 32.2 Å². The molecule has 0 bridgehead atoms. The third kappa shape index (κ3) is 7.35. The van der Waals surface area contributed by atoms with E-state index in [1.54, 1.807) is 4.72 Å². The molecule has 0 saturated heterocycles. The van der Waals surface area contributed by atoms with E-state index in [1.165, 1.54) is 6.92 Å². The number of hydrogen-bond donors (Lipinski definition) is 2. The van der Waals surface area contributed by atoms with Crippen LogP contribution in [0.2, 0.25) is 0 Å². The van der Waals surface area contributed by atoms with E-state index in [2.05, 4.69) is 0 Å². The normalized spacial score (nSPS) is 13.3. The maximum absolute atomic E-state index is 13.1. The molecule has 3 rings (SSSR count). The van der Waals surface area contributed by atoms with E-state index in [9.17, 15) is 56.3 Å². The average Bonchev–Trinajstić information content (AvgIpc) is 2.76. The lowest BCUT2D eigenvalue weighted by Crippen LogP contribution is -2.18. The number of aryl methyl sites for hydroxylation is 1. The maximum atomic E-state index is 13.1. The number of benzene rings is 3. The highest BCUT2D eigenvalue weighted by Crippen LogP contribution is 2.38. The van der Waals surface area contributed by atoms with Crippen LogP contribution in [-0.2, 0) is 38.6 Å². The van der Waals surface area contributed by atoms with Crippen LogP contribution in [-0.4, -0.2) is 16.8 Å². The van der Waals surface area contributed by atoms with Crippen molar-refractivity contribution in [3.63, 3.8) is 0 Å². The Balaban J connectivity index is 1.98. The van der Waals surface area contributed by atoms with Crippen LogP contribution in [0.25, 0.3) is 0 Å². The first-order chi connectivity index (χ1) is 17.6. The summed E-state index contributed by atoms with van der Waals surface area (Å²) in [7, 11) is -9.66. The summed E-state index contributed by atoms with van der Waals surface area (Å²) in [4.78, 5) is -1.66. The van der Waals surface area contributed by atoms with Crippen molar-refractivity contribution in [2.45, 2.75) is 35.2 Å². The van der Waals surface area contributed by atoms with E-state index < -0.39 is 76.4 Å². The van der Waals surface area contributed by atoms with Crippen molar-refractivity contribution < 1.29 is 56.3 Å². The Morgan fingerprint density at radius 3 is 1.28 bits per heavy atom. The topological polar surface area (TPSA) is 92.3 Å². The standard InChI is InChI=1S/C22H15F9N2O4S2/c1-12-5-13(20(23,24)25)8-16(6-12)32-38(34,35)18-3-2-4-19(11-18)39(36,37)33-17-9-14(21(26,27)28)7-15(10-17)22(29,30)31/h2-11,32-33H,1H3. The molecule has 0 amide bonds. The highest BCUT2D eigenvalue weighted by molar-refractivity contribution is 7.93. The van der Waals surface area contributed by atoms with Crippen LogP contribution in [0, 0.1) is 6.92 Å². The van der Waals surface area contributed by atoms with Crippen LogP contribution in [0.15, 0.2) is 70.5 Å². The van der Waals surface area contributed by atoms with Crippen LogP contribution in [0.3, 0.4) is 0 Å². The van der Waals surface area contributed by atoms with E-state index in [0.717, 1.165) is 30.3 Å². The molecule has 6 nitrogen and oxygen atoms in total. The minimum Gasteiger partial charge on any atom is -0.280 e. The molecule has 0 spiro atoms. The lowest BCUT2D eigenvalue weighted by molar-refractivity contribution is -0.143. The van der Waals surface area contributed by atoms with Crippen molar-refractivity contribution in [3.8, 4) is 0 Å². The minimum absolute atomic E-state index is 0.0439. The predicted molar refractivity (Wildman–Crippen MR) is 121 cm³/mol. The third-order valence-electron chi connectivity index (χ3n) is 4.92. The van der Waals surface area contributed by atoms with Crippen LogP contribution in [0.1, 0.15) is 22.3 Å². The second-order valence-electron chi connectivity index (χ2n) is 8.07. The molecular weight excluding hydrogens is 591 g/mol. The third-order valence-corrected chi connectivity index (χ3v) is 7.68. The Hall–Kier alpha value is -3.47. The van der Waals surface area contributed by atoms with Gasteiger partial charge in [-0.05, 0) is 67.1 Å². The molecule has 0 unspecified atom stereocenters. The van der Waals surface area contributed by atoms with E-state index >= 15 is 0 Å². The molecule has 0 saturated carbocycles. The summed E-state index contributed by atoms with van der Waals surface area (Å²) in [5, 5.41) is 0. The van der Waals surface area contributed by atoms with E-state index in [-0.39, 0.29) is 23.8 Å². The van der Waals surface area contributed by atoms with Gasteiger partial charge in [-0.25, -0.2) is 16.8 Å². The number of sulfonamides is 2. The SMILES string of the molecule is Cc1cc(NS(=O)(=O)c2cccc(S(=O)(=O)Nc3cc(C(F)(F)F)cc(C(F)(F)F)c3)c2)cc(C(F)(F)F)c1. The highest BCUT2D eigenvalue weighted by Gasteiger charge is 2.37. The van der Waals surface area contributed by atoms with Gasteiger partial charge in [-0.2, -0.15) is 39.5 Å². The number of alkyl halides is 9. The number of hydrogen-bond acceptors (Lipinski definition) is 4. The lowest BCUT2D eigenvalue weighted by atomic mass is 10.1. The summed E-state index contributed by atoms with van der Waals surface area (Å²) < 4.78 is 172. The average molecular weight is 606 g/mol. The second-order valence-corrected chi connectivity index (χ2v) is 11.4. The zero-order chi connectivity index (χ0) is 29.6. The fraction of sp³-hybridized carbons (Fsp3) is 0.182. The molecule has 0 aliphatic heterocycles. The summed E-state index contributed by atoms with van der Waals surface area (Å²) in [6.45, 7) is 1.27. The molecule has 2 N–H and O–H groups in total. The van der Waals surface area contributed by atoms with Crippen LogP contribution in [0.4, 0.5) is 50.9 Å². The van der Waals surface area contributed by atoms with Crippen molar-refractivity contribution >= 4 is 31.4 Å². The highest BCUT2D eigenvalue weighted by atomic mass is 32.2. The molecule has 0 radical (unpaired) electrons. The summed E-state index contributed by atoms with van der Waals surface area (Å²) in [6, 6.07) is 5.43. The largest absolute Gasteiger partial charge is 0.416 e.